The first-order valence-electron chi connectivity index (χ1n) is 9.83. The molecule has 2 unspecified atom stereocenters. The largest absolute Gasteiger partial charge is 0.493 e. The highest BCUT2D eigenvalue weighted by Crippen LogP contribution is 2.34. The van der Waals surface area contributed by atoms with Crippen molar-refractivity contribution in [1.29, 1.82) is 0 Å². The molecule has 2 aromatic rings. The van der Waals surface area contributed by atoms with E-state index in [0.717, 1.165) is 56.6 Å². The van der Waals surface area contributed by atoms with Crippen molar-refractivity contribution in [1.82, 2.24) is 10.6 Å². The molecular weight excluding hydrogens is 465 g/mol. The lowest BCUT2D eigenvalue weighted by Gasteiger charge is -2.28. The average molecular weight is 493 g/mol. The number of nitrogens with zero attached hydrogens (tertiary/aromatic N) is 1. The predicted octanol–water partition coefficient (Wildman–Crippen LogP) is 4.25. The lowest BCUT2D eigenvalue weighted by atomic mass is 9.93. The summed E-state index contributed by atoms with van der Waals surface area (Å²) in [6.07, 6.45) is 1.93. The predicted molar refractivity (Wildman–Crippen MR) is 123 cm³/mol. The molecule has 0 bridgehead atoms. The molecule has 6 heteroatoms. The van der Waals surface area contributed by atoms with Crippen LogP contribution in [0.3, 0.4) is 0 Å². The molecule has 0 aliphatic carbocycles. The number of halogens is 1. The fraction of sp³-hybridized carbons (Fsp3) is 0.409. The zero-order chi connectivity index (χ0) is 18.5. The number of ether oxygens (including phenoxy) is 2. The number of para-hydroxylation sites is 2. The molecule has 0 amide bonds. The van der Waals surface area contributed by atoms with Crippen LogP contribution in [0.2, 0.25) is 0 Å². The van der Waals surface area contributed by atoms with Crippen LogP contribution in [0.25, 0.3) is 0 Å². The molecule has 28 heavy (non-hydrogen) atoms. The van der Waals surface area contributed by atoms with E-state index >= 15 is 0 Å². The number of aliphatic imine (C=N–C) groups is 1. The van der Waals surface area contributed by atoms with Gasteiger partial charge in [0.25, 0.3) is 0 Å². The van der Waals surface area contributed by atoms with E-state index < -0.39 is 0 Å². The van der Waals surface area contributed by atoms with Gasteiger partial charge in [0.2, 0.25) is 0 Å². The van der Waals surface area contributed by atoms with Crippen molar-refractivity contribution in [2.75, 3.05) is 26.3 Å². The number of hydrogen-bond donors (Lipinski definition) is 2. The molecule has 5 nitrogen and oxygen atoms in total. The van der Waals surface area contributed by atoms with Gasteiger partial charge in [0.05, 0.1) is 19.3 Å². The Hall–Kier alpha value is -1.96. The van der Waals surface area contributed by atoms with Crippen molar-refractivity contribution in [3.05, 3.63) is 59.7 Å². The van der Waals surface area contributed by atoms with E-state index in [1.54, 1.807) is 0 Å². The second-order valence-electron chi connectivity index (χ2n) is 6.96. The Kier molecular flexibility index (Phi) is 7.42. The number of hydrogen-bond acceptors (Lipinski definition) is 3. The van der Waals surface area contributed by atoms with E-state index in [1.165, 1.54) is 11.1 Å². The Balaban J connectivity index is 0.00000225. The van der Waals surface area contributed by atoms with E-state index in [4.69, 9.17) is 14.5 Å². The number of benzene rings is 2. The first-order valence-corrected chi connectivity index (χ1v) is 9.83. The molecule has 4 rings (SSSR count). The Labute approximate surface area is 183 Å². The molecule has 0 saturated heterocycles. The van der Waals surface area contributed by atoms with E-state index in [0.29, 0.717) is 5.92 Å². The van der Waals surface area contributed by atoms with Crippen molar-refractivity contribution in [3.8, 4) is 11.5 Å². The summed E-state index contributed by atoms with van der Waals surface area (Å²) in [6, 6.07) is 16.8. The molecule has 0 saturated carbocycles. The van der Waals surface area contributed by atoms with Crippen LogP contribution >= 0.6 is 24.0 Å². The van der Waals surface area contributed by atoms with Crippen LogP contribution in [0, 0.1) is 0 Å². The maximum Gasteiger partial charge on any atom is 0.191 e. The van der Waals surface area contributed by atoms with E-state index in [-0.39, 0.29) is 30.0 Å². The van der Waals surface area contributed by atoms with Crippen LogP contribution in [-0.4, -0.2) is 32.3 Å². The summed E-state index contributed by atoms with van der Waals surface area (Å²) < 4.78 is 11.6. The lowest BCUT2D eigenvalue weighted by molar-refractivity contribution is 0.261. The Morgan fingerprint density at radius 1 is 0.964 bits per heavy atom. The smallest absolute Gasteiger partial charge is 0.191 e. The van der Waals surface area contributed by atoms with Crippen LogP contribution in [-0.2, 0) is 0 Å². The third-order valence-electron chi connectivity index (χ3n) is 5.17. The molecule has 2 atom stereocenters. The highest BCUT2D eigenvalue weighted by Gasteiger charge is 2.23. The second kappa shape index (κ2) is 10.0. The van der Waals surface area contributed by atoms with Crippen LogP contribution in [0.5, 0.6) is 11.5 Å². The standard InChI is InChI=1S/C22H27N3O2.HI/c1-2-23-22(25-19-12-14-27-21-10-6-4-8-18(19)21)24-15-16-11-13-26-20-9-5-3-7-17(16)20;/h3-10,16,19H,2,11-15H2,1H3,(H2,23,24,25);1H. The number of fused-ring (bicyclic) bond motifs is 2. The van der Waals surface area contributed by atoms with Crippen LogP contribution in [0.15, 0.2) is 53.5 Å². The number of rotatable bonds is 4. The summed E-state index contributed by atoms with van der Waals surface area (Å²) in [5.74, 6) is 3.23. The Bertz CT molecular complexity index is 812. The summed E-state index contributed by atoms with van der Waals surface area (Å²) in [7, 11) is 0. The minimum absolute atomic E-state index is 0. The first kappa shape index (κ1) is 20.8. The van der Waals surface area contributed by atoms with Gasteiger partial charge in [-0.1, -0.05) is 36.4 Å². The molecular formula is C22H28IN3O2. The van der Waals surface area contributed by atoms with Gasteiger partial charge in [-0.25, -0.2) is 0 Å². The van der Waals surface area contributed by atoms with Gasteiger partial charge in [-0.3, -0.25) is 4.99 Å². The molecule has 0 radical (unpaired) electrons. The fourth-order valence-corrected chi connectivity index (χ4v) is 3.78. The monoisotopic (exact) mass is 493 g/mol. The Morgan fingerprint density at radius 3 is 2.36 bits per heavy atom. The molecule has 0 fully saturated rings. The summed E-state index contributed by atoms with van der Waals surface area (Å²) >= 11 is 0. The molecule has 0 aromatic heterocycles. The van der Waals surface area contributed by atoms with Crippen molar-refractivity contribution >= 4 is 29.9 Å². The fourth-order valence-electron chi connectivity index (χ4n) is 3.78. The second-order valence-corrected chi connectivity index (χ2v) is 6.96. The van der Waals surface area contributed by atoms with Crippen LogP contribution in [0.4, 0.5) is 0 Å². The van der Waals surface area contributed by atoms with E-state index in [1.807, 2.05) is 24.3 Å². The molecule has 2 heterocycles. The lowest BCUT2D eigenvalue weighted by Crippen LogP contribution is -2.41. The highest BCUT2D eigenvalue weighted by molar-refractivity contribution is 14.0. The maximum atomic E-state index is 5.78. The first-order chi connectivity index (χ1) is 13.3. The maximum absolute atomic E-state index is 5.78. The summed E-state index contributed by atoms with van der Waals surface area (Å²) in [5.41, 5.74) is 2.46. The van der Waals surface area contributed by atoms with Gasteiger partial charge < -0.3 is 20.1 Å². The molecule has 150 valence electrons. The molecule has 2 aliphatic heterocycles. The highest BCUT2D eigenvalue weighted by atomic mass is 127. The normalized spacial score (nSPS) is 20.5. The topological polar surface area (TPSA) is 54.9 Å². The zero-order valence-corrected chi connectivity index (χ0v) is 18.5. The van der Waals surface area contributed by atoms with Crippen molar-refractivity contribution in [3.63, 3.8) is 0 Å². The van der Waals surface area contributed by atoms with Crippen molar-refractivity contribution in [2.45, 2.75) is 31.7 Å². The zero-order valence-electron chi connectivity index (χ0n) is 16.2. The summed E-state index contributed by atoms with van der Waals surface area (Å²) in [5, 5.41) is 7.00. The van der Waals surface area contributed by atoms with Gasteiger partial charge in [0, 0.05) is 31.0 Å². The molecule has 0 spiro atoms. The minimum atomic E-state index is 0. The average Bonchev–Trinajstić information content (AvgIpc) is 2.72. The molecule has 2 aromatic carbocycles. The number of nitrogens with one attached hydrogen (secondary N) is 2. The number of guanidine groups is 1. The van der Waals surface area contributed by atoms with Gasteiger partial charge >= 0.3 is 0 Å². The van der Waals surface area contributed by atoms with Gasteiger partial charge in [-0.05, 0) is 31.0 Å². The van der Waals surface area contributed by atoms with Crippen LogP contribution in [0.1, 0.15) is 42.9 Å². The van der Waals surface area contributed by atoms with Crippen LogP contribution < -0.4 is 20.1 Å². The van der Waals surface area contributed by atoms with E-state index in [9.17, 15) is 0 Å². The van der Waals surface area contributed by atoms with Crippen molar-refractivity contribution in [2.24, 2.45) is 4.99 Å². The summed E-state index contributed by atoms with van der Waals surface area (Å²) in [6.45, 7) is 5.16. The van der Waals surface area contributed by atoms with Gasteiger partial charge in [0.1, 0.15) is 11.5 Å². The quantitative estimate of drug-likeness (QED) is 0.380. The molecule has 2 aliphatic rings. The van der Waals surface area contributed by atoms with Gasteiger partial charge in [0.15, 0.2) is 5.96 Å². The summed E-state index contributed by atoms with van der Waals surface area (Å²) in [4.78, 5) is 4.90. The Morgan fingerprint density at radius 2 is 1.61 bits per heavy atom. The SMILES string of the molecule is CCNC(=NCC1CCOc2ccccc21)NC1CCOc2ccccc21.I. The third kappa shape index (κ3) is 4.71. The van der Waals surface area contributed by atoms with Gasteiger partial charge in [-0.2, -0.15) is 0 Å². The van der Waals surface area contributed by atoms with Gasteiger partial charge in [-0.15, -0.1) is 24.0 Å². The molecule has 2 N–H and O–H groups in total. The minimum Gasteiger partial charge on any atom is -0.493 e. The van der Waals surface area contributed by atoms with E-state index in [2.05, 4.69) is 41.8 Å². The third-order valence-corrected chi connectivity index (χ3v) is 5.17. The van der Waals surface area contributed by atoms with Crippen molar-refractivity contribution < 1.29 is 9.47 Å².